The van der Waals surface area contributed by atoms with Crippen molar-refractivity contribution in [3.63, 3.8) is 0 Å². The Kier molecular flexibility index (Phi) is 5.86. The highest BCUT2D eigenvalue weighted by Crippen LogP contribution is 2.36. The van der Waals surface area contributed by atoms with E-state index in [1.165, 1.54) is 4.31 Å². The van der Waals surface area contributed by atoms with Crippen LogP contribution in [0.15, 0.2) is 9.42 Å². The first kappa shape index (κ1) is 21.2. The number of hydrogen-bond donors (Lipinski definition) is 2. The molecule has 156 valence electrons. The molecular weight excluding hydrogens is 404 g/mol. The molecule has 0 spiro atoms. The molecular formula is C17H27ClN6O3S. The summed E-state index contributed by atoms with van der Waals surface area (Å²) in [6, 6.07) is 0. The highest BCUT2D eigenvalue weighted by molar-refractivity contribution is 7.89. The largest absolute Gasteiger partial charge is 0.339 e. The van der Waals surface area contributed by atoms with Gasteiger partial charge in [0.15, 0.2) is 5.82 Å². The summed E-state index contributed by atoms with van der Waals surface area (Å²) in [6.45, 7) is 4.27. The fourth-order valence-corrected chi connectivity index (χ4v) is 6.03. The van der Waals surface area contributed by atoms with Crippen LogP contribution in [0.3, 0.4) is 0 Å². The zero-order chi connectivity index (χ0) is 19.2. The first-order valence-electron chi connectivity index (χ1n) is 9.46. The van der Waals surface area contributed by atoms with Gasteiger partial charge in [-0.15, -0.1) is 12.4 Å². The van der Waals surface area contributed by atoms with Crippen LogP contribution in [-0.4, -0.2) is 46.2 Å². The molecule has 2 aliphatic rings. The molecule has 3 heterocycles. The van der Waals surface area contributed by atoms with E-state index in [4.69, 9.17) is 10.3 Å². The molecule has 0 amide bonds. The fourth-order valence-electron chi connectivity index (χ4n) is 4.23. The van der Waals surface area contributed by atoms with Crippen LogP contribution in [-0.2, 0) is 15.6 Å². The van der Waals surface area contributed by atoms with Crippen molar-refractivity contribution in [1.29, 1.82) is 0 Å². The molecule has 2 aromatic heterocycles. The van der Waals surface area contributed by atoms with Gasteiger partial charge in [0.05, 0.1) is 16.9 Å². The first-order chi connectivity index (χ1) is 12.8. The number of piperidine rings is 1. The minimum atomic E-state index is -3.55. The van der Waals surface area contributed by atoms with Gasteiger partial charge in [0.1, 0.15) is 4.90 Å². The number of hydrogen-bond acceptors (Lipinski definition) is 7. The maximum atomic E-state index is 13.0. The van der Waals surface area contributed by atoms with E-state index in [0.717, 1.165) is 25.7 Å². The van der Waals surface area contributed by atoms with Crippen LogP contribution in [0.5, 0.6) is 0 Å². The molecule has 1 saturated carbocycles. The number of nitrogens with two attached hydrogens (primary N) is 1. The van der Waals surface area contributed by atoms with Gasteiger partial charge in [-0.25, -0.2) is 8.42 Å². The van der Waals surface area contributed by atoms with Gasteiger partial charge >= 0.3 is 0 Å². The Balaban J connectivity index is 0.00000225. The Hall–Kier alpha value is -1.49. The third kappa shape index (κ3) is 3.58. The fraction of sp³-hybridized carbons (Fsp3) is 0.706. The molecule has 1 saturated heterocycles. The third-order valence-electron chi connectivity index (χ3n) is 5.84. The molecule has 28 heavy (non-hydrogen) atoms. The number of nitrogens with one attached hydrogen (secondary N) is 1. The van der Waals surface area contributed by atoms with Gasteiger partial charge in [-0.1, -0.05) is 18.0 Å². The molecule has 0 aromatic carbocycles. The predicted octanol–water partition coefficient (Wildman–Crippen LogP) is 2.13. The summed E-state index contributed by atoms with van der Waals surface area (Å²) >= 11 is 0. The van der Waals surface area contributed by atoms with E-state index >= 15 is 0 Å². The molecule has 1 aliphatic heterocycles. The number of aromatic nitrogens is 4. The SMILES string of the molecule is Cc1n[nH]c(C)c1S(=O)(=O)N1CCC(c2nc(C3(N)CCCC3)no2)CC1.Cl. The molecule has 3 N–H and O–H groups in total. The molecule has 2 aromatic rings. The number of rotatable bonds is 4. The summed E-state index contributed by atoms with van der Waals surface area (Å²) in [5.41, 5.74) is 7.00. The van der Waals surface area contributed by atoms with Crippen LogP contribution < -0.4 is 5.73 Å². The predicted molar refractivity (Wildman–Crippen MR) is 105 cm³/mol. The number of aryl methyl sites for hydroxylation is 2. The van der Waals surface area contributed by atoms with Crippen molar-refractivity contribution < 1.29 is 12.9 Å². The maximum Gasteiger partial charge on any atom is 0.246 e. The lowest BCUT2D eigenvalue weighted by Crippen LogP contribution is -2.38. The van der Waals surface area contributed by atoms with Crippen molar-refractivity contribution in [2.75, 3.05) is 13.1 Å². The van der Waals surface area contributed by atoms with Crippen molar-refractivity contribution in [2.24, 2.45) is 5.73 Å². The average molecular weight is 431 g/mol. The van der Waals surface area contributed by atoms with Crippen molar-refractivity contribution in [3.8, 4) is 0 Å². The van der Waals surface area contributed by atoms with Crippen molar-refractivity contribution in [2.45, 2.75) is 68.7 Å². The van der Waals surface area contributed by atoms with Crippen LogP contribution in [0.1, 0.15) is 67.5 Å². The lowest BCUT2D eigenvalue weighted by Gasteiger charge is -2.29. The zero-order valence-corrected chi connectivity index (χ0v) is 17.8. The number of sulfonamides is 1. The Bertz CT molecular complexity index is 907. The monoisotopic (exact) mass is 430 g/mol. The average Bonchev–Trinajstić information content (AvgIpc) is 3.36. The quantitative estimate of drug-likeness (QED) is 0.759. The van der Waals surface area contributed by atoms with E-state index in [2.05, 4.69) is 20.3 Å². The normalized spacial score (nSPS) is 21.0. The van der Waals surface area contributed by atoms with Crippen molar-refractivity contribution in [3.05, 3.63) is 23.1 Å². The second kappa shape index (κ2) is 7.74. The van der Waals surface area contributed by atoms with Crippen LogP contribution in [0.2, 0.25) is 0 Å². The molecule has 9 nitrogen and oxygen atoms in total. The van der Waals surface area contributed by atoms with Crippen molar-refractivity contribution >= 4 is 22.4 Å². The number of aromatic amines is 1. The Labute approximate surface area is 170 Å². The molecule has 0 unspecified atom stereocenters. The minimum absolute atomic E-state index is 0. The molecule has 11 heteroatoms. The number of H-pyrrole nitrogens is 1. The standard InChI is InChI=1S/C17H26N6O3S.ClH/c1-11-14(12(2)21-20-11)27(24,25)23-9-5-13(6-10-23)15-19-16(22-26-15)17(18)7-3-4-8-17;/h13H,3-10,18H2,1-2H3,(H,20,21);1H. The van der Waals surface area contributed by atoms with Gasteiger partial charge in [0.2, 0.25) is 15.9 Å². The van der Waals surface area contributed by atoms with Crippen LogP contribution in [0, 0.1) is 13.8 Å². The molecule has 1 aliphatic carbocycles. The smallest absolute Gasteiger partial charge is 0.246 e. The molecule has 0 radical (unpaired) electrons. The number of halogens is 1. The summed E-state index contributed by atoms with van der Waals surface area (Å²) in [5, 5.41) is 10.9. The van der Waals surface area contributed by atoms with E-state index in [1.54, 1.807) is 13.8 Å². The maximum absolute atomic E-state index is 13.0. The summed E-state index contributed by atoms with van der Waals surface area (Å²) in [4.78, 5) is 4.85. The van der Waals surface area contributed by atoms with Crippen LogP contribution in [0.25, 0.3) is 0 Å². The van der Waals surface area contributed by atoms with Crippen LogP contribution in [0.4, 0.5) is 0 Å². The van der Waals surface area contributed by atoms with E-state index in [1.807, 2.05) is 0 Å². The zero-order valence-electron chi connectivity index (χ0n) is 16.1. The molecule has 2 fully saturated rings. The highest BCUT2D eigenvalue weighted by Gasteiger charge is 2.38. The van der Waals surface area contributed by atoms with E-state index in [0.29, 0.717) is 49.0 Å². The molecule has 4 rings (SSSR count). The highest BCUT2D eigenvalue weighted by atomic mass is 35.5. The number of nitrogens with zero attached hydrogens (tertiary/aromatic N) is 4. The van der Waals surface area contributed by atoms with Gasteiger partial charge in [-0.2, -0.15) is 14.4 Å². The minimum Gasteiger partial charge on any atom is -0.339 e. The molecule has 0 bridgehead atoms. The Morgan fingerprint density at radius 2 is 1.86 bits per heavy atom. The van der Waals surface area contributed by atoms with E-state index < -0.39 is 15.6 Å². The molecule has 0 atom stereocenters. The Morgan fingerprint density at radius 3 is 2.43 bits per heavy atom. The lowest BCUT2D eigenvalue weighted by atomic mass is 9.97. The van der Waals surface area contributed by atoms with Gasteiger partial charge in [0.25, 0.3) is 0 Å². The van der Waals surface area contributed by atoms with Gasteiger partial charge in [0, 0.05) is 19.0 Å². The van der Waals surface area contributed by atoms with Gasteiger partial charge in [-0.3, -0.25) is 5.10 Å². The Morgan fingerprint density at radius 1 is 1.21 bits per heavy atom. The van der Waals surface area contributed by atoms with Gasteiger partial charge in [-0.05, 0) is 39.5 Å². The first-order valence-corrected chi connectivity index (χ1v) is 10.9. The second-order valence-electron chi connectivity index (χ2n) is 7.76. The van der Waals surface area contributed by atoms with E-state index in [9.17, 15) is 8.42 Å². The van der Waals surface area contributed by atoms with E-state index in [-0.39, 0.29) is 23.2 Å². The van der Waals surface area contributed by atoms with Crippen LogP contribution >= 0.6 is 12.4 Å². The summed E-state index contributed by atoms with van der Waals surface area (Å²) in [5.74, 6) is 1.23. The summed E-state index contributed by atoms with van der Waals surface area (Å²) < 4.78 is 32.9. The second-order valence-corrected chi connectivity index (χ2v) is 9.64. The topological polar surface area (TPSA) is 131 Å². The summed E-state index contributed by atoms with van der Waals surface area (Å²) in [6.07, 6.45) is 5.23. The third-order valence-corrected chi connectivity index (χ3v) is 8.01. The van der Waals surface area contributed by atoms with Gasteiger partial charge < -0.3 is 10.3 Å². The summed E-state index contributed by atoms with van der Waals surface area (Å²) in [7, 11) is -3.55. The van der Waals surface area contributed by atoms with Crippen molar-refractivity contribution in [1.82, 2.24) is 24.6 Å². The lowest BCUT2D eigenvalue weighted by molar-refractivity contribution is 0.268.